The number of esters is 1. The molecule has 1 aromatic carbocycles. The van der Waals surface area contributed by atoms with E-state index < -0.39 is 11.2 Å². The SMILES string of the molecule is CCOC(=O)CCCCn1c(=O)c2c(nc(-c3ccc(C#N)cc3)n2C)n(C)c1=O. The van der Waals surface area contributed by atoms with E-state index in [1.165, 1.54) is 9.13 Å². The number of nitriles is 1. The normalized spacial score (nSPS) is 10.9. The van der Waals surface area contributed by atoms with Crippen molar-refractivity contribution >= 4 is 17.1 Å². The van der Waals surface area contributed by atoms with E-state index >= 15 is 0 Å². The summed E-state index contributed by atoms with van der Waals surface area (Å²) in [6.45, 7) is 2.28. The molecule has 9 nitrogen and oxygen atoms in total. The molecule has 0 aliphatic rings. The van der Waals surface area contributed by atoms with Crippen molar-refractivity contribution in [3.05, 3.63) is 50.7 Å². The Labute approximate surface area is 172 Å². The molecule has 30 heavy (non-hydrogen) atoms. The van der Waals surface area contributed by atoms with E-state index in [0.29, 0.717) is 42.0 Å². The maximum atomic E-state index is 13.1. The molecule has 3 aromatic rings. The Bertz CT molecular complexity index is 1240. The number of nitrogens with zero attached hydrogens (tertiary/aromatic N) is 5. The topological polar surface area (TPSA) is 112 Å². The van der Waals surface area contributed by atoms with Gasteiger partial charge in [0.2, 0.25) is 0 Å². The third kappa shape index (κ3) is 3.89. The molecule has 0 atom stereocenters. The van der Waals surface area contributed by atoms with Gasteiger partial charge in [0.25, 0.3) is 5.56 Å². The molecule has 0 saturated heterocycles. The molecule has 0 N–H and O–H groups in total. The molecule has 0 unspecified atom stereocenters. The number of rotatable bonds is 7. The van der Waals surface area contributed by atoms with E-state index in [9.17, 15) is 14.4 Å². The molecule has 0 saturated carbocycles. The minimum Gasteiger partial charge on any atom is -0.466 e. The van der Waals surface area contributed by atoms with Gasteiger partial charge in [-0.1, -0.05) is 0 Å². The third-order valence-corrected chi connectivity index (χ3v) is 4.95. The summed E-state index contributed by atoms with van der Waals surface area (Å²) in [6.07, 6.45) is 1.27. The Hall–Kier alpha value is -3.67. The van der Waals surface area contributed by atoms with Gasteiger partial charge in [-0.3, -0.25) is 18.7 Å². The molecule has 0 aliphatic heterocycles. The molecule has 156 valence electrons. The van der Waals surface area contributed by atoms with Crippen LogP contribution in [0.4, 0.5) is 0 Å². The first-order valence-corrected chi connectivity index (χ1v) is 9.71. The van der Waals surface area contributed by atoms with Crippen LogP contribution >= 0.6 is 0 Å². The number of aryl methyl sites for hydroxylation is 2. The second-order valence-electron chi connectivity index (χ2n) is 6.92. The number of carbonyl (C=O) groups excluding carboxylic acids is 1. The number of aromatic nitrogens is 4. The molecule has 2 aromatic heterocycles. The second-order valence-corrected chi connectivity index (χ2v) is 6.92. The van der Waals surface area contributed by atoms with Gasteiger partial charge in [0.05, 0.1) is 18.2 Å². The monoisotopic (exact) mass is 409 g/mol. The van der Waals surface area contributed by atoms with Crippen molar-refractivity contribution < 1.29 is 9.53 Å². The highest BCUT2D eigenvalue weighted by Gasteiger charge is 2.19. The van der Waals surface area contributed by atoms with Gasteiger partial charge in [-0.05, 0) is 44.0 Å². The fourth-order valence-electron chi connectivity index (χ4n) is 3.37. The molecule has 2 heterocycles. The molecule has 9 heteroatoms. The largest absolute Gasteiger partial charge is 0.466 e. The van der Waals surface area contributed by atoms with Crippen molar-refractivity contribution in [1.82, 2.24) is 18.7 Å². The Kier molecular flexibility index (Phi) is 6.16. The highest BCUT2D eigenvalue weighted by molar-refractivity contribution is 5.77. The highest BCUT2D eigenvalue weighted by Crippen LogP contribution is 2.21. The number of ether oxygens (including phenoxy) is 1. The summed E-state index contributed by atoms with van der Waals surface area (Å²) in [6, 6.07) is 8.93. The number of hydrogen-bond donors (Lipinski definition) is 0. The fraction of sp³-hybridized carbons (Fsp3) is 0.381. The first-order chi connectivity index (χ1) is 14.4. The second kappa shape index (κ2) is 8.78. The lowest BCUT2D eigenvalue weighted by Crippen LogP contribution is -2.39. The predicted octanol–water partition coefficient (Wildman–Crippen LogP) is 1.71. The number of benzene rings is 1. The molecular formula is C21H23N5O4. The number of carbonyl (C=O) groups is 1. The van der Waals surface area contributed by atoms with Gasteiger partial charge in [-0.15, -0.1) is 0 Å². The number of fused-ring (bicyclic) bond motifs is 1. The lowest BCUT2D eigenvalue weighted by atomic mass is 10.1. The van der Waals surface area contributed by atoms with Crippen molar-refractivity contribution in [3.63, 3.8) is 0 Å². The van der Waals surface area contributed by atoms with E-state index in [4.69, 9.17) is 10.00 Å². The van der Waals surface area contributed by atoms with Crippen LogP contribution in [0.1, 0.15) is 31.7 Å². The molecule has 3 rings (SSSR count). The van der Waals surface area contributed by atoms with Crippen LogP contribution in [-0.2, 0) is 30.2 Å². The van der Waals surface area contributed by atoms with E-state index in [2.05, 4.69) is 11.1 Å². The summed E-state index contributed by atoms with van der Waals surface area (Å²) in [5.74, 6) is 0.244. The van der Waals surface area contributed by atoms with Crippen molar-refractivity contribution in [1.29, 1.82) is 5.26 Å². The first-order valence-electron chi connectivity index (χ1n) is 9.71. The van der Waals surface area contributed by atoms with Crippen LogP contribution in [0.25, 0.3) is 22.6 Å². The van der Waals surface area contributed by atoms with E-state index in [1.807, 2.05) is 0 Å². The average molecular weight is 409 g/mol. The summed E-state index contributed by atoms with van der Waals surface area (Å²) in [4.78, 5) is 41.7. The molecule has 0 spiro atoms. The van der Waals surface area contributed by atoms with Crippen LogP contribution in [0.5, 0.6) is 0 Å². The van der Waals surface area contributed by atoms with Crippen molar-refractivity contribution in [2.24, 2.45) is 14.1 Å². The molecule has 0 radical (unpaired) electrons. The van der Waals surface area contributed by atoms with Gasteiger partial charge in [-0.2, -0.15) is 5.26 Å². The Morgan fingerprint density at radius 3 is 2.47 bits per heavy atom. The summed E-state index contributed by atoms with van der Waals surface area (Å²) < 4.78 is 9.09. The van der Waals surface area contributed by atoms with Crippen LogP contribution < -0.4 is 11.2 Å². The van der Waals surface area contributed by atoms with Crippen LogP contribution in [0.2, 0.25) is 0 Å². The average Bonchev–Trinajstić information content (AvgIpc) is 3.09. The van der Waals surface area contributed by atoms with Crippen LogP contribution in [0.15, 0.2) is 33.9 Å². The smallest absolute Gasteiger partial charge is 0.332 e. The zero-order chi connectivity index (χ0) is 21.8. The third-order valence-electron chi connectivity index (χ3n) is 4.95. The maximum absolute atomic E-state index is 13.1. The summed E-state index contributed by atoms with van der Waals surface area (Å²) in [7, 11) is 3.30. The Balaban J connectivity index is 1.96. The minimum atomic E-state index is -0.451. The van der Waals surface area contributed by atoms with E-state index in [-0.39, 0.29) is 18.9 Å². The molecule has 0 bridgehead atoms. The molecule has 0 amide bonds. The zero-order valence-corrected chi connectivity index (χ0v) is 17.2. The minimum absolute atomic E-state index is 0.207. The van der Waals surface area contributed by atoms with Gasteiger partial charge in [0.1, 0.15) is 5.82 Å². The summed E-state index contributed by atoms with van der Waals surface area (Å²) in [5, 5.41) is 8.97. The Morgan fingerprint density at radius 2 is 1.83 bits per heavy atom. The molecular weight excluding hydrogens is 386 g/mol. The van der Waals surface area contributed by atoms with Crippen LogP contribution in [-0.4, -0.2) is 31.3 Å². The fourth-order valence-corrected chi connectivity index (χ4v) is 3.37. The summed E-state index contributed by atoms with van der Waals surface area (Å²) in [5.41, 5.74) is 1.01. The molecule has 0 fully saturated rings. The lowest BCUT2D eigenvalue weighted by molar-refractivity contribution is -0.143. The van der Waals surface area contributed by atoms with Gasteiger partial charge < -0.3 is 9.30 Å². The van der Waals surface area contributed by atoms with E-state index in [1.54, 1.807) is 49.9 Å². The number of unbranched alkanes of at least 4 members (excludes halogenated alkanes) is 1. The highest BCUT2D eigenvalue weighted by atomic mass is 16.5. The lowest BCUT2D eigenvalue weighted by Gasteiger charge is -2.08. The van der Waals surface area contributed by atoms with E-state index in [0.717, 1.165) is 5.56 Å². The van der Waals surface area contributed by atoms with Crippen LogP contribution in [0.3, 0.4) is 0 Å². The number of hydrogen-bond acceptors (Lipinski definition) is 6. The van der Waals surface area contributed by atoms with Gasteiger partial charge in [0.15, 0.2) is 11.2 Å². The standard InChI is InChI=1S/C21H23N5O4/c1-4-30-16(27)7-5-6-12-26-20(28)17-19(25(3)21(26)29)23-18(24(17)2)15-10-8-14(13-22)9-11-15/h8-11H,4-7,12H2,1-3H3. The van der Waals surface area contributed by atoms with Crippen molar-refractivity contribution in [2.75, 3.05) is 6.61 Å². The zero-order valence-electron chi connectivity index (χ0n) is 17.2. The first kappa shape index (κ1) is 21.0. The number of imidazole rings is 1. The quantitative estimate of drug-likeness (QED) is 0.434. The van der Waals surface area contributed by atoms with Gasteiger partial charge >= 0.3 is 11.7 Å². The van der Waals surface area contributed by atoms with Crippen LogP contribution in [0, 0.1) is 11.3 Å². The van der Waals surface area contributed by atoms with Crippen molar-refractivity contribution in [2.45, 2.75) is 32.7 Å². The van der Waals surface area contributed by atoms with Gasteiger partial charge in [-0.25, -0.2) is 9.78 Å². The molecule has 0 aliphatic carbocycles. The Morgan fingerprint density at radius 1 is 1.13 bits per heavy atom. The predicted molar refractivity (Wildman–Crippen MR) is 111 cm³/mol. The van der Waals surface area contributed by atoms with Gasteiger partial charge in [0, 0.05) is 32.6 Å². The maximum Gasteiger partial charge on any atom is 0.332 e. The van der Waals surface area contributed by atoms with Crippen molar-refractivity contribution in [3.8, 4) is 17.5 Å². The summed E-state index contributed by atoms with van der Waals surface area (Å²) >= 11 is 0.